The molecule has 0 unspecified atom stereocenters. The van der Waals surface area contributed by atoms with Crippen molar-refractivity contribution in [3.63, 3.8) is 0 Å². The summed E-state index contributed by atoms with van der Waals surface area (Å²) in [6.45, 7) is 8.17. The highest BCUT2D eigenvalue weighted by Crippen LogP contribution is 2.24. The van der Waals surface area contributed by atoms with E-state index in [0.29, 0.717) is 12.6 Å². The van der Waals surface area contributed by atoms with Gasteiger partial charge in [0, 0.05) is 51.4 Å². The van der Waals surface area contributed by atoms with E-state index in [9.17, 15) is 9.18 Å². The minimum atomic E-state index is -0.192. The van der Waals surface area contributed by atoms with Crippen molar-refractivity contribution >= 4 is 11.6 Å². The minimum Gasteiger partial charge on any atom is -0.369 e. The molecule has 26 heavy (non-hydrogen) atoms. The van der Waals surface area contributed by atoms with Crippen LogP contribution in [0, 0.1) is 5.82 Å². The van der Waals surface area contributed by atoms with Gasteiger partial charge in [0.1, 0.15) is 5.82 Å². The van der Waals surface area contributed by atoms with Crippen molar-refractivity contribution in [1.29, 1.82) is 0 Å². The molecule has 5 heteroatoms. The zero-order valence-electron chi connectivity index (χ0n) is 15.4. The molecule has 1 saturated heterocycles. The molecular weight excluding hydrogens is 329 g/mol. The van der Waals surface area contributed by atoms with Gasteiger partial charge in [-0.3, -0.25) is 9.69 Å². The van der Waals surface area contributed by atoms with E-state index >= 15 is 0 Å². The van der Waals surface area contributed by atoms with Crippen LogP contribution in [0.3, 0.4) is 0 Å². The third-order valence-electron chi connectivity index (χ3n) is 5.06. The van der Waals surface area contributed by atoms with E-state index in [0.717, 1.165) is 37.4 Å². The number of hydrogen-bond donors (Lipinski definition) is 1. The molecule has 2 aromatic carbocycles. The Labute approximate surface area is 154 Å². The first-order valence-electron chi connectivity index (χ1n) is 9.11. The molecule has 1 atom stereocenters. The molecule has 3 rings (SSSR count). The monoisotopic (exact) mass is 355 g/mol. The normalized spacial score (nSPS) is 16.3. The molecule has 1 fully saturated rings. The molecule has 0 aliphatic carbocycles. The van der Waals surface area contributed by atoms with E-state index in [2.05, 4.69) is 46.3 Å². The Kier molecular flexibility index (Phi) is 5.89. The summed E-state index contributed by atoms with van der Waals surface area (Å²) in [5.41, 5.74) is 3.48. The van der Waals surface area contributed by atoms with Crippen LogP contribution in [0.5, 0.6) is 0 Å². The first-order valence-corrected chi connectivity index (χ1v) is 9.11. The summed E-state index contributed by atoms with van der Waals surface area (Å²) in [5.74, 6) is -0.204. The first kappa shape index (κ1) is 18.4. The van der Waals surface area contributed by atoms with E-state index < -0.39 is 0 Å². The molecule has 0 spiro atoms. The summed E-state index contributed by atoms with van der Waals surface area (Å²) < 4.78 is 13.1. The Hall–Kier alpha value is -2.40. The summed E-state index contributed by atoms with van der Waals surface area (Å²) in [6, 6.07) is 15.5. The van der Waals surface area contributed by atoms with Gasteiger partial charge in [-0.15, -0.1) is 0 Å². The van der Waals surface area contributed by atoms with Crippen molar-refractivity contribution in [3.05, 3.63) is 65.5 Å². The van der Waals surface area contributed by atoms with Crippen LogP contribution < -0.4 is 10.2 Å². The zero-order chi connectivity index (χ0) is 18.5. The van der Waals surface area contributed by atoms with Crippen LogP contribution in [-0.2, 0) is 11.3 Å². The third-order valence-corrected chi connectivity index (χ3v) is 5.06. The molecule has 1 N–H and O–H groups in total. The molecule has 1 heterocycles. The Morgan fingerprint density at radius 2 is 1.65 bits per heavy atom. The topological polar surface area (TPSA) is 35.6 Å². The number of benzene rings is 2. The van der Waals surface area contributed by atoms with Crippen molar-refractivity contribution < 1.29 is 9.18 Å². The number of carbonyl (C=O) groups is 1. The van der Waals surface area contributed by atoms with Gasteiger partial charge in [-0.05, 0) is 42.3 Å². The second-order valence-corrected chi connectivity index (χ2v) is 6.83. The van der Waals surface area contributed by atoms with E-state index in [1.807, 2.05) is 12.1 Å². The van der Waals surface area contributed by atoms with Crippen molar-refractivity contribution in [2.24, 2.45) is 0 Å². The predicted octanol–water partition coefficient (Wildman–Crippen LogP) is 3.35. The molecular formula is C21H26FN3O. The number of nitrogens with zero attached hydrogens (tertiary/aromatic N) is 2. The Balaban J connectivity index is 1.55. The molecule has 0 saturated carbocycles. The minimum absolute atomic E-state index is 0.0125. The number of piperazine rings is 1. The van der Waals surface area contributed by atoms with Gasteiger partial charge < -0.3 is 10.2 Å². The first-order chi connectivity index (χ1) is 12.5. The van der Waals surface area contributed by atoms with Crippen LogP contribution in [0.1, 0.15) is 31.0 Å². The summed E-state index contributed by atoms with van der Waals surface area (Å²) in [7, 11) is 0. The largest absolute Gasteiger partial charge is 0.369 e. The van der Waals surface area contributed by atoms with Gasteiger partial charge in [0.05, 0.1) is 0 Å². The molecule has 4 nitrogen and oxygen atoms in total. The maximum atomic E-state index is 13.1. The lowest BCUT2D eigenvalue weighted by Gasteiger charge is -2.39. The van der Waals surface area contributed by atoms with Crippen LogP contribution in [0.15, 0.2) is 48.5 Å². The summed E-state index contributed by atoms with van der Waals surface area (Å²) >= 11 is 0. The quantitative estimate of drug-likeness (QED) is 0.893. The number of nitrogens with one attached hydrogen (secondary N) is 1. The molecule has 0 bridgehead atoms. The van der Waals surface area contributed by atoms with Crippen molar-refractivity contribution in [3.8, 4) is 0 Å². The molecule has 0 radical (unpaired) electrons. The Morgan fingerprint density at radius 1 is 1.04 bits per heavy atom. The lowest BCUT2D eigenvalue weighted by atomic mass is 10.0. The van der Waals surface area contributed by atoms with Gasteiger partial charge in [0.15, 0.2) is 0 Å². The van der Waals surface area contributed by atoms with E-state index in [-0.39, 0.29) is 11.7 Å². The van der Waals surface area contributed by atoms with Gasteiger partial charge in [0.2, 0.25) is 5.91 Å². The van der Waals surface area contributed by atoms with E-state index in [1.165, 1.54) is 24.6 Å². The second-order valence-electron chi connectivity index (χ2n) is 6.83. The van der Waals surface area contributed by atoms with Crippen LogP contribution in [0.2, 0.25) is 0 Å². The van der Waals surface area contributed by atoms with Crippen molar-refractivity contribution in [2.75, 3.05) is 31.1 Å². The molecule has 138 valence electrons. The van der Waals surface area contributed by atoms with Crippen LogP contribution in [-0.4, -0.2) is 37.0 Å². The van der Waals surface area contributed by atoms with Gasteiger partial charge in [-0.25, -0.2) is 4.39 Å². The maximum absolute atomic E-state index is 13.1. The van der Waals surface area contributed by atoms with E-state index in [4.69, 9.17) is 0 Å². The third kappa shape index (κ3) is 4.61. The van der Waals surface area contributed by atoms with Crippen molar-refractivity contribution in [2.45, 2.75) is 26.4 Å². The zero-order valence-corrected chi connectivity index (χ0v) is 15.4. The standard InChI is InChI=1S/C21H26FN3O/c1-16(19-5-3-18(4-6-19)15-23-17(2)26)24-11-13-25(14-12-24)21-9-7-20(22)8-10-21/h3-10,16H,11-15H2,1-2H3,(H,23,26)/t16-/m1/s1. The van der Waals surface area contributed by atoms with Gasteiger partial charge in [-0.2, -0.15) is 0 Å². The average Bonchev–Trinajstić information content (AvgIpc) is 2.67. The lowest BCUT2D eigenvalue weighted by Crippen LogP contribution is -2.47. The average molecular weight is 355 g/mol. The van der Waals surface area contributed by atoms with Crippen molar-refractivity contribution in [1.82, 2.24) is 10.2 Å². The lowest BCUT2D eigenvalue weighted by molar-refractivity contribution is -0.119. The number of hydrogen-bond acceptors (Lipinski definition) is 3. The molecule has 1 aliphatic heterocycles. The highest BCUT2D eigenvalue weighted by molar-refractivity contribution is 5.72. The van der Waals surface area contributed by atoms with Crippen LogP contribution in [0.25, 0.3) is 0 Å². The Morgan fingerprint density at radius 3 is 2.23 bits per heavy atom. The number of amides is 1. The highest BCUT2D eigenvalue weighted by atomic mass is 19.1. The smallest absolute Gasteiger partial charge is 0.217 e. The predicted molar refractivity (Wildman–Crippen MR) is 103 cm³/mol. The fraction of sp³-hybridized carbons (Fsp3) is 0.381. The fourth-order valence-corrected chi connectivity index (χ4v) is 3.37. The summed E-state index contributed by atoms with van der Waals surface area (Å²) in [4.78, 5) is 15.8. The number of halogens is 1. The molecule has 0 aromatic heterocycles. The van der Waals surface area contributed by atoms with Gasteiger partial charge in [-0.1, -0.05) is 24.3 Å². The molecule has 1 amide bonds. The fourth-order valence-electron chi connectivity index (χ4n) is 3.37. The number of carbonyl (C=O) groups excluding carboxylic acids is 1. The maximum Gasteiger partial charge on any atom is 0.217 e. The SMILES string of the molecule is CC(=O)NCc1ccc([C@@H](C)N2CCN(c3ccc(F)cc3)CC2)cc1. The van der Waals surface area contributed by atoms with E-state index in [1.54, 1.807) is 0 Å². The number of anilines is 1. The molecule has 1 aliphatic rings. The van der Waals surface area contributed by atoms with Crippen LogP contribution in [0.4, 0.5) is 10.1 Å². The van der Waals surface area contributed by atoms with Crippen LogP contribution >= 0.6 is 0 Å². The molecule has 2 aromatic rings. The number of rotatable bonds is 5. The Bertz CT molecular complexity index is 722. The van der Waals surface area contributed by atoms with Gasteiger partial charge >= 0.3 is 0 Å². The second kappa shape index (κ2) is 8.32. The van der Waals surface area contributed by atoms with Gasteiger partial charge in [0.25, 0.3) is 0 Å². The highest BCUT2D eigenvalue weighted by Gasteiger charge is 2.22. The summed E-state index contributed by atoms with van der Waals surface area (Å²) in [6.07, 6.45) is 0. The summed E-state index contributed by atoms with van der Waals surface area (Å²) in [5, 5.41) is 2.82.